The number of nitrogens with one attached hydrogen (secondary N) is 1. The predicted molar refractivity (Wildman–Crippen MR) is 98.6 cm³/mol. The second kappa shape index (κ2) is 9.24. The Morgan fingerprint density at radius 3 is 1.82 bits per heavy atom. The van der Waals surface area contributed by atoms with Gasteiger partial charge in [-0.2, -0.15) is 0 Å². The quantitative estimate of drug-likeness (QED) is 0.689. The third-order valence-electron chi connectivity index (χ3n) is 4.63. The van der Waals surface area contributed by atoms with Gasteiger partial charge in [0.1, 0.15) is 0 Å². The summed E-state index contributed by atoms with van der Waals surface area (Å²) in [5.41, 5.74) is 0.613. The Labute approximate surface area is 139 Å². The highest BCUT2D eigenvalue weighted by atomic mass is 15.3. The zero-order valence-electron chi connectivity index (χ0n) is 16.2. The maximum Gasteiger partial charge on any atom is 0.0126 e. The number of unbranched alkanes of at least 4 members (excludes halogenated alkanes) is 4. The van der Waals surface area contributed by atoms with Gasteiger partial charge in [-0.25, -0.2) is 0 Å². The molecule has 0 amide bonds. The molecule has 22 heavy (non-hydrogen) atoms. The Morgan fingerprint density at radius 1 is 0.727 bits per heavy atom. The first-order chi connectivity index (χ1) is 10.2. The van der Waals surface area contributed by atoms with Crippen molar-refractivity contribution in [3.63, 3.8) is 0 Å². The Kier molecular flexibility index (Phi) is 8.37. The molecule has 0 unspecified atom stereocenters. The molecule has 0 aromatic heterocycles. The van der Waals surface area contributed by atoms with Gasteiger partial charge in [-0.05, 0) is 67.5 Å². The van der Waals surface area contributed by atoms with Gasteiger partial charge in [-0.1, -0.05) is 19.3 Å². The van der Waals surface area contributed by atoms with E-state index >= 15 is 0 Å². The molecule has 0 saturated carbocycles. The molecule has 0 atom stereocenters. The Balaban J connectivity index is 1.94. The number of nitrogens with zero attached hydrogens (tertiary/aromatic N) is 2. The molecule has 3 nitrogen and oxygen atoms in total. The molecule has 0 aliphatic carbocycles. The first-order valence-electron chi connectivity index (χ1n) is 9.41. The highest BCUT2D eigenvalue weighted by Crippen LogP contribution is 2.16. The van der Waals surface area contributed by atoms with Crippen molar-refractivity contribution in [3.8, 4) is 0 Å². The lowest BCUT2D eigenvalue weighted by Crippen LogP contribution is -2.53. The smallest absolute Gasteiger partial charge is 0.0126 e. The van der Waals surface area contributed by atoms with Gasteiger partial charge in [0.05, 0.1) is 0 Å². The summed E-state index contributed by atoms with van der Waals surface area (Å²) in [6.45, 7) is 21.2. The van der Waals surface area contributed by atoms with Crippen LogP contribution < -0.4 is 5.32 Å². The molecule has 3 heteroatoms. The van der Waals surface area contributed by atoms with E-state index in [9.17, 15) is 0 Å². The SMILES string of the molecule is CC(C)(C)NCCCCCCCN1CCN(C(C)(C)C)CC1. The van der Waals surface area contributed by atoms with Crippen LogP contribution in [0.1, 0.15) is 73.6 Å². The van der Waals surface area contributed by atoms with E-state index in [4.69, 9.17) is 0 Å². The van der Waals surface area contributed by atoms with Gasteiger partial charge < -0.3 is 10.2 Å². The monoisotopic (exact) mass is 311 g/mol. The Bertz CT molecular complexity index is 280. The van der Waals surface area contributed by atoms with Crippen LogP contribution in [-0.4, -0.2) is 60.1 Å². The summed E-state index contributed by atoms with van der Waals surface area (Å²) in [4.78, 5) is 5.27. The third-order valence-corrected chi connectivity index (χ3v) is 4.63. The van der Waals surface area contributed by atoms with Gasteiger partial charge in [-0.15, -0.1) is 0 Å². The number of hydrogen-bond acceptors (Lipinski definition) is 3. The second-order valence-corrected chi connectivity index (χ2v) is 8.94. The highest BCUT2D eigenvalue weighted by molar-refractivity contribution is 4.81. The van der Waals surface area contributed by atoms with Crippen LogP contribution in [0.15, 0.2) is 0 Å². The van der Waals surface area contributed by atoms with E-state index in [0.717, 1.165) is 6.54 Å². The summed E-state index contributed by atoms with van der Waals surface area (Å²) in [6, 6.07) is 0. The van der Waals surface area contributed by atoms with Crippen LogP contribution in [0.3, 0.4) is 0 Å². The summed E-state index contributed by atoms with van der Waals surface area (Å²) < 4.78 is 0. The molecule has 0 aromatic rings. The van der Waals surface area contributed by atoms with Crippen molar-refractivity contribution in [2.45, 2.75) is 84.7 Å². The minimum absolute atomic E-state index is 0.273. The van der Waals surface area contributed by atoms with E-state index in [1.54, 1.807) is 0 Å². The van der Waals surface area contributed by atoms with Gasteiger partial charge in [0, 0.05) is 37.3 Å². The van der Waals surface area contributed by atoms with Gasteiger partial charge in [0.25, 0.3) is 0 Å². The van der Waals surface area contributed by atoms with Crippen molar-refractivity contribution in [1.82, 2.24) is 15.1 Å². The van der Waals surface area contributed by atoms with Crippen molar-refractivity contribution < 1.29 is 0 Å². The lowest BCUT2D eigenvalue weighted by molar-refractivity contribution is 0.0616. The third kappa shape index (κ3) is 9.12. The van der Waals surface area contributed by atoms with Crippen LogP contribution in [0.2, 0.25) is 0 Å². The molecule has 1 rings (SSSR count). The van der Waals surface area contributed by atoms with Gasteiger partial charge in [0.15, 0.2) is 0 Å². The van der Waals surface area contributed by atoms with Gasteiger partial charge in [0.2, 0.25) is 0 Å². The van der Waals surface area contributed by atoms with E-state index in [1.807, 2.05) is 0 Å². The van der Waals surface area contributed by atoms with Crippen LogP contribution in [0.4, 0.5) is 0 Å². The molecule has 1 saturated heterocycles. The molecule has 1 N–H and O–H groups in total. The topological polar surface area (TPSA) is 18.5 Å². The number of hydrogen-bond donors (Lipinski definition) is 1. The Morgan fingerprint density at radius 2 is 1.27 bits per heavy atom. The first-order valence-corrected chi connectivity index (χ1v) is 9.41. The van der Waals surface area contributed by atoms with Gasteiger partial charge in [-0.3, -0.25) is 4.90 Å². The van der Waals surface area contributed by atoms with Crippen LogP contribution in [-0.2, 0) is 0 Å². The van der Waals surface area contributed by atoms with Crippen LogP contribution in [0, 0.1) is 0 Å². The average molecular weight is 312 g/mol. The lowest BCUT2D eigenvalue weighted by Gasteiger charge is -2.42. The Hall–Kier alpha value is -0.120. The van der Waals surface area contributed by atoms with E-state index in [1.165, 1.54) is 64.8 Å². The molecule has 1 aliphatic rings. The normalized spacial score (nSPS) is 18.8. The second-order valence-electron chi connectivity index (χ2n) is 8.94. The van der Waals surface area contributed by atoms with Crippen molar-refractivity contribution >= 4 is 0 Å². The maximum absolute atomic E-state index is 3.57. The van der Waals surface area contributed by atoms with Crippen molar-refractivity contribution in [2.75, 3.05) is 39.3 Å². The molecular weight excluding hydrogens is 270 g/mol. The molecule has 0 radical (unpaired) electrons. The number of rotatable bonds is 8. The van der Waals surface area contributed by atoms with E-state index in [2.05, 4.69) is 56.7 Å². The highest BCUT2D eigenvalue weighted by Gasteiger charge is 2.25. The van der Waals surface area contributed by atoms with Crippen LogP contribution >= 0.6 is 0 Å². The van der Waals surface area contributed by atoms with Crippen LogP contribution in [0.5, 0.6) is 0 Å². The molecule has 0 spiro atoms. The first kappa shape index (κ1) is 19.9. The molecule has 1 heterocycles. The standard InChI is InChI=1S/C19H41N3/c1-18(2,3)20-12-10-8-7-9-11-13-21-14-16-22(17-15-21)19(4,5)6/h20H,7-17H2,1-6H3. The minimum Gasteiger partial charge on any atom is -0.312 e. The molecule has 1 aliphatic heterocycles. The van der Waals surface area contributed by atoms with Crippen molar-refractivity contribution in [3.05, 3.63) is 0 Å². The maximum atomic E-state index is 3.57. The van der Waals surface area contributed by atoms with E-state index < -0.39 is 0 Å². The van der Waals surface area contributed by atoms with E-state index in [0.29, 0.717) is 5.54 Å². The molecular formula is C19H41N3. The van der Waals surface area contributed by atoms with Gasteiger partial charge >= 0.3 is 0 Å². The predicted octanol–water partition coefficient (Wildman–Crippen LogP) is 3.74. The zero-order valence-corrected chi connectivity index (χ0v) is 16.2. The largest absolute Gasteiger partial charge is 0.312 e. The molecule has 132 valence electrons. The fraction of sp³-hybridized carbons (Fsp3) is 1.00. The molecule has 0 bridgehead atoms. The fourth-order valence-electron chi connectivity index (χ4n) is 3.10. The summed E-state index contributed by atoms with van der Waals surface area (Å²) in [7, 11) is 0. The summed E-state index contributed by atoms with van der Waals surface area (Å²) in [6.07, 6.45) is 6.87. The summed E-state index contributed by atoms with van der Waals surface area (Å²) in [5, 5.41) is 3.57. The summed E-state index contributed by atoms with van der Waals surface area (Å²) >= 11 is 0. The molecule has 0 aromatic carbocycles. The van der Waals surface area contributed by atoms with Crippen molar-refractivity contribution in [2.24, 2.45) is 0 Å². The molecule has 1 fully saturated rings. The van der Waals surface area contributed by atoms with Crippen LogP contribution in [0.25, 0.3) is 0 Å². The number of piperazine rings is 1. The summed E-state index contributed by atoms with van der Waals surface area (Å²) in [5.74, 6) is 0. The fourth-order valence-corrected chi connectivity index (χ4v) is 3.10. The van der Waals surface area contributed by atoms with Crippen molar-refractivity contribution in [1.29, 1.82) is 0 Å². The zero-order chi connectivity index (χ0) is 16.6. The van der Waals surface area contributed by atoms with E-state index in [-0.39, 0.29) is 5.54 Å². The average Bonchev–Trinajstić information content (AvgIpc) is 2.40. The lowest BCUT2D eigenvalue weighted by atomic mass is 10.0. The minimum atomic E-state index is 0.273.